The average Bonchev–Trinajstić information content (AvgIpc) is 2.75. The second kappa shape index (κ2) is 9.42. The Hall–Kier alpha value is -3.53. The van der Waals surface area contributed by atoms with E-state index in [-0.39, 0.29) is 5.56 Å². The third kappa shape index (κ3) is 4.23. The average molecular weight is 386 g/mol. The third-order valence-corrected chi connectivity index (χ3v) is 3.97. The summed E-state index contributed by atoms with van der Waals surface area (Å²) in [5.74, 6) is 7.58. The van der Waals surface area contributed by atoms with Crippen LogP contribution in [0.15, 0.2) is 24.3 Å². The highest BCUT2D eigenvalue weighted by atomic mass is 16.5. The molecule has 2 aromatic rings. The normalized spacial score (nSPS) is 9.64. The van der Waals surface area contributed by atoms with Crippen LogP contribution in [0.25, 0.3) is 0 Å². The van der Waals surface area contributed by atoms with Crippen molar-refractivity contribution in [2.45, 2.75) is 0 Å². The van der Waals surface area contributed by atoms with Crippen LogP contribution in [-0.4, -0.2) is 48.4 Å². The number of hydrogen-bond acceptors (Lipinski definition) is 7. The maximum Gasteiger partial charge on any atom is 0.240 e. The Balaban J connectivity index is 2.48. The Kier molecular flexibility index (Phi) is 6.99. The summed E-state index contributed by atoms with van der Waals surface area (Å²) in [6.45, 7) is 0. The van der Waals surface area contributed by atoms with Crippen LogP contribution in [0.2, 0.25) is 0 Å². The molecule has 2 aromatic carbocycles. The summed E-state index contributed by atoms with van der Waals surface area (Å²) >= 11 is 0. The number of carbonyl (C=O) groups is 1. The summed E-state index contributed by atoms with van der Waals surface area (Å²) in [4.78, 5) is 12.7. The van der Waals surface area contributed by atoms with Gasteiger partial charge >= 0.3 is 0 Å². The fourth-order valence-electron chi connectivity index (χ4n) is 2.52. The molecule has 0 spiro atoms. The van der Waals surface area contributed by atoms with Gasteiger partial charge in [0.05, 0.1) is 53.8 Å². The standard InChI is InChI=1S/C21H22O7/c1-23-16-11-20(27-5)18(25-3)9-13(16)7-8-15(22)14-10-19(26-4)21(28-6)12-17(14)24-2/h9-12H,1-6H3. The molecule has 0 radical (unpaired) electrons. The Morgan fingerprint density at radius 2 is 1.04 bits per heavy atom. The lowest BCUT2D eigenvalue weighted by Crippen LogP contribution is -2.02. The molecule has 0 aliphatic rings. The van der Waals surface area contributed by atoms with E-state index in [1.165, 1.54) is 48.7 Å². The first-order valence-electron chi connectivity index (χ1n) is 8.19. The highest BCUT2D eigenvalue weighted by Gasteiger charge is 2.17. The van der Waals surface area contributed by atoms with Gasteiger partial charge in [0.15, 0.2) is 23.0 Å². The van der Waals surface area contributed by atoms with Crippen molar-refractivity contribution in [3.05, 3.63) is 35.4 Å². The number of benzene rings is 2. The zero-order chi connectivity index (χ0) is 20.7. The topological polar surface area (TPSA) is 72.5 Å². The van der Waals surface area contributed by atoms with Crippen LogP contribution in [0.4, 0.5) is 0 Å². The van der Waals surface area contributed by atoms with Gasteiger partial charge in [-0.1, -0.05) is 5.92 Å². The molecule has 148 valence electrons. The highest BCUT2D eigenvalue weighted by Crippen LogP contribution is 2.35. The lowest BCUT2D eigenvalue weighted by atomic mass is 10.1. The number of methoxy groups -OCH3 is 6. The molecule has 7 nitrogen and oxygen atoms in total. The summed E-state index contributed by atoms with van der Waals surface area (Å²) in [7, 11) is 8.99. The van der Waals surface area contributed by atoms with E-state index in [0.29, 0.717) is 40.1 Å². The number of carbonyl (C=O) groups excluding carboxylic acids is 1. The van der Waals surface area contributed by atoms with Crippen molar-refractivity contribution in [3.63, 3.8) is 0 Å². The maximum atomic E-state index is 12.7. The van der Waals surface area contributed by atoms with Crippen LogP contribution >= 0.6 is 0 Å². The molecule has 0 saturated carbocycles. The van der Waals surface area contributed by atoms with Crippen molar-refractivity contribution in [1.29, 1.82) is 0 Å². The van der Waals surface area contributed by atoms with Gasteiger partial charge in [0.2, 0.25) is 5.78 Å². The maximum absolute atomic E-state index is 12.7. The van der Waals surface area contributed by atoms with Crippen LogP contribution in [0.1, 0.15) is 15.9 Å². The molecule has 2 rings (SSSR count). The van der Waals surface area contributed by atoms with Gasteiger partial charge in [0.1, 0.15) is 11.5 Å². The van der Waals surface area contributed by atoms with Crippen molar-refractivity contribution in [2.24, 2.45) is 0 Å². The predicted octanol–water partition coefficient (Wildman–Crippen LogP) is 2.97. The third-order valence-electron chi connectivity index (χ3n) is 3.97. The largest absolute Gasteiger partial charge is 0.496 e. The van der Waals surface area contributed by atoms with Crippen molar-refractivity contribution in [1.82, 2.24) is 0 Å². The van der Waals surface area contributed by atoms with Crippen LogP contribution in [0.5, 0.6) is 34.5 Å². The van der Waals surface area contributed by atoms with Gasteiger partial charge < -0.3 is 28.4 Å². The molecule has 0 fully saturated rings. The molecule has 0 aromatic heterocycles. The first kappa shape index (κ1) is 20.8. The molecule has 0 aliphatic carbocycles. The van der Waals surface area contributed by atoms with Gasteiger partial charge in [0, 0.05) is 18.2 Å². The fourth-order valence-corrected chi connectivity index (χ4v) is 2.52. The number of ketones is 1. The lowest BCUT2D eigenvalue weighted by Gasteiger charge is -2.12. The summed E-state index contributed by atoms with van der Waals surface area (Å²) in [6, 6.07) is 6.39. The Morgan fingerprint density at radius 1 is 0.607 bits per heavy atom. The highest BCUT2D eigenvalue weighted by molar-refractivity contribution is 6.11. The molecule has 0 saturated heterocycles. The summed E-state index contributed by atoms with van der Waals surface area (Å²) in [5, 5.41) is 0. The van der Waals surface area contributed by atoms with E-state index in [2.05, 4.69) is 11.8 Å². The van der Waals surface area contributed by atoms with Crippen molar-refractivity contribution >= 4 is 5.78 Å². The minimum Gasteiger partial charge on any atom is -0.496 e. The molecule has 0 N–H and O–H groups in total. The Bertz CT molecular complexity index is 923. The lowest BCUT2D eigenvalue weighted by molar-refractivity contribution is 0.105. The van der Waals surface area contributed by atoms with Gasteiger partial charge in [-0.3, -0.25) is 4.79 Å². The predicted molar refractivity (Wildman–Crippen MR) is 103 cm³/mol. The number of hydrogen-bond donors (Lipinski definition) is 0. The van der Waals surface area contributed by atoms with Crippen LogP contribution in [-0.2, 0) is 0 Å². The quantitative estimate of drug-likeness (QED) is 0.535. The Morgan fingerprint density at radius 3 is 1.54 bits per heavy atom. The minimum absolute atomic E-state index is 0.257. The first-order chi connectivity index (χ1) is 13.5. The second-order valence-electron chi connectivity index (χ2n) is 5.39. The van der Waals surface area contributed by atoms with E-state index < -0.39 is 5.78 Å². The smallest absolute Gasteiger partial charge is 0.240 e. The van der Waals surface area contributed by atoms with E-state index in [9.17, 15) is 4.79 Å². The van der Waals surface area contributed by atoms with Crippen molar-refractivity contribution in [3.8, 4) is 46.3 Å². The summed E-state index contributed by atoms with van der Waals surface area (Å²) in [6.07, 6.45) is 0. The van der Waals surface area contributed by atoms with Gasteiger partial charge in [-0.2, -0.15) is 0 Å². The van der Waals surface area contributed by atoms with Crippen LogP contribution in [0, 0.1) is 11.8 Å². The van der Waals surface area contributed by atoms with Gasteiger partial charge in [-0.25, -0.2) is 0 Å². The van der Waals surface area contributed by atoms with E-state index >= 15 is 0 Å². The minimum atomic E-state index is -0.449. The molecule has 0 amide bonds. The van der Waals surface area contributed by atoms with E-state index in [4.69, 9.17) is 28.4 Å². The molecule has 0 aliphatic heterocycles. The number of rotatable bonds is 7. The van der Waals surface area contributed by atoms with Gasteiger partial charge in [-0.15, -0.1) is 0 Å². The van der Waals surface area contributed by atoms with E-state index in [1.807, 2.05) is 0 Å². The summed E-state index contributed by atoms with van der Waals surface area (Å²) < 4.78 is 31.6. The number of Topliss-reactive ketones (excluding diaryl/α,β-unsaturated/α-hetero) is 1. The van der Waals surface area contributed by atoms with Crippen LogP contribution < -0.4 is 28.4 Å². The number of ether oxygens (including phenoxy) is 6. The molecule has 7 heteroatoms. The second-order valence-corrected chi connectivity index (χ2v) is 5.39. The van der Waals surface area contributed by atoms with Crippen molar-refractivity contribution in [2.75, 3.05) is 42.7 Å². The molecular formula is C21H22O7. The van der Waals surface area contributed by atoms with E-state index in [1.54, 1.807) is 18.2 Å². The molecule has 28 heavy (non-hydrogen) atoms. The monoisotopic (exact) mass is 386 g/mol. The fraction of sp³-hybridized carbons (Fsp3) is 0.286. The first-order valence-corrected chi connectivity index (χ1v) is 8.19. The molecule has 0 bridgehead atoms. The van der Waals surface area contributed by atoms with Crippen LogP contribution in [0.3, 0.4) is 0 Å². The zero-order valence-corrected chi connectivity index (χ0v) is 16.7. The van der Waals surface area contributed by atoms with Crippen molar-refractivity contribution < 1.29 is 33.2 Å². The van der Waals surface area contributed by atoms with Gasteiger partial charge in [-0.05, 0) is 12.0 Å². The summed E-state index contributed by atoms with van der Waals surface area (Å²) in [5.41, 5.74) is 0.736. The zero-order valence-electron chi connectivity index (χ0n) is 16.7. The Labute approximate surface area is 164 Å². The SMILES string of the molecule is COc1cc(OC)c(OC)cc1C#CC(=O)c1cc(OC)c(OC)cc1OC. The van der Waals surface area contributed by atoms with E-state index in [0.717, 1.165) is 0 Å². The molecule has 0 unspecified atom stereocenters. The molecule has 0 atom stereocenters. The molecular weight excluding hydrogens is 364 g/mol. The molecule has 0 heterocycles. The van der Waals surface area contributed by atoms with Gasteiger partial charge in [0.25, 0.3) is 0 Å².